The van der Waals surface area contributed by atoms with Crippen LogP contribution in [0.3, 0.4) is 0 Å². The van der Waals surface area contributed by atoms with Gasteiger partial charge >= 0.3 is 0 Å². The fourth-order valence-corrected chi connectivity index (χ4v) is 2.31. The van der Waals surface area contributed by atoms with Crippen molar-refractivity contribution in [1.82, 2.24) is 9.88 Å². The van der Waals surface area contributed by atoms with Crippen LogP contribution in [0.2, 0.25) is 0 Å². The molecular weight excluding hydrogens is 264 g/mol. The van der Waals surface area contributed by atoms with Gasteiger partial charge in [-0.05, 0) is 37.2 Å². The van der Waals surface area contributed by atoms with E-state index in [1.165, 1.54) is 5.56 Å². The number of pyridine rings is 1. The summed E-state index contributed by atoms with van der Waals surface area (Å²) in [6, 6.07) is 13.6. The number of rotatable bonds is 7. The predicted octanol–water partition coefficient (Wildman–Crippen LogP) is 2.60. The first-order valence-electron chi connectivity index (χ1n) is 7.30. The van der Waals surface area contributed by atoms with E-state index in [9.17, 15) is 4.79 Å². The van der Waals surface area contributed by atoms with Crippen molar-refractivity contribution in [2.45, 2.75) is 25.9 Å². The Kier molecular flexibility index (Phi) is 5.58. The third-order valence-electron chi connectivity index (χ3n) is 3.54. The molecule has 21 heavy (non-hydrogen) atoms. The number of hydrogen-bond acceptors (Lipinski definition) is 3. The molecule has 0 spiro atoms. The highest BCUT2D eigenvalue weighted by Gasteiger charge is 2.06. The van der Waals surface area contributed by atoms with Gasteiger partial charge in [-0.25, -0.2) is 0 Å². The van der Waals surface area contributed by atoms with Gasteiger partial charge in [0, 0.05) is 18.3 Å². The molecule has 0 fully saturated rings. The maximum absolute atomic E-state index is 11.5. The molecule has 0 bridgehead atoms. The number of nitrogens with zero attached hydrogens (tertiary/aromatic N) is 1. The summed E-state index contributed by atoms with van der Waals surface area (Å²) in [7, 11) is 1.97. The van der Waals surface area contributed by atoms with E-state index in [-0.39, 0.29) is 5.56 Å². The zero-order valence-corrected chi connectivity index (χ0v) is 12.6. The van der Waals surface area contributed by atoms with E-state index >= 15 is 0 Å². The van der Waals surface area contributed by atoms with E-state index in [0.29, 0.717) is 19.2 Å². The van der Waals surface area contributed by atoms with Gasteiger partial charge in [-0.2, -0.15) is 0 Å². The fourth-order valence-electron chi connectivity index (χ4n) is 2.31. The van der Waals surface area contributed by atoms with Crippen LogP contribution in [-0.2, 0) is 6.54 Å². The Morgan fingerprint density at radius 2 is 1.95 bits per heavy atom. The Morgan fingerprint density at radius 3 is 2.57 bits per heavy atom. The minimum atomic E-state index is -0.00347. The van der Waals surface area contributed by atoms with E-state index in [1.807, 2.05) is 25.2 Å². The minimum absolute atomic E-state index is 0.00347. The second-order valence-corrected chi connectivity index (χ2v) is 4.90. The average molecular weight is 286 g/mol. The summed E-state index contributed by atoms with van der Waals surface area (Å²) in [5.41, 5.74) is 1.25. The van der Waals surface area contributed by atoms with Crippen molar-refractivity contribution in [3.05, 3.63) is 64.6 Å². The molecule has 0 aliphatic rings. The Balaban J connectivity index is 1.89. The molecule has 1 aromatic heterocycles. The summed E-state index contributed by atoms with van der Waals surface area (Å²) in [5.74, 6) is 0.827. The van der Waals surface area contributed by atoms with E-state index in [2.05, 4.69) is 24.4 Å². The van der Waals surface area contributed by atoms with Crippen LogP contribution in [0.1, 0.15) is 24.9 Å². The molecule has 0 saturated carbocycles. The maximum atomic E-state index is 11.5. The van der Waals surface area contributed by atoms with Gasteiger partial charge < -0.3 is 14.6 Å². The molecule has 112 valence electrons. The van der Waals surface area contributed by atoms with Gasteiger partial charge in [-0.15, -0.1) is 0 Å². The second kappa shape index (κ2) is 7.64. The number of ether oxygens (including phenoxy) is 1. The van der Waals surface area contributed by atoms with Crippen LogP contribution >= 0.6 is 0 Å². The van der Waals surface area contributed by atoms with Crippen molar-refractivity contribution in [3.63, 3.8) is 0 Å². The van der Waals surface area contributed by atoms with Crippen molar-refractivity contribution in [2.24, 2.45) is 0 Å². The monoisotopic (exact) mass is 286 g/mol. The Labute approximate surface area is 125 Å². The summed E-state index contributed by atoms with van der Waals surface area (Å²) < 4.78 is 7.33. The standard InChI is InChI=1S/C17H22N2O2/c1-3-16(18-2)14-7-9-15(10-8-14)21-13-12-19-11-5-4-6-17(19)20/h4-11,16,18H,3,12-13H2,1-2H3. The fraction of sp³-hybridized carbons (Fsp3) is 0.353. The lowest BCUT2D eigenvalue weighted by molar-refractivity contribution is 0.296. The molecule has 2 rings (SSSR count). The van der Waals surface area contributed by atoms with Crippen LogP contribution in [0.15, 0.2) is 53.5 Å². The van der Waals surface area contributed by atoms with Crippen molar-refractivity contribution < 1.29 is 4.74 Å². The number of benzene rings is 1. The predicted molar refractivity (Wildman–Crippen MR) is 84.7 cm³/mol. The lowest BCUT2D eigenvalue weighted by atomic mass is 10.1. The smallest absolute Gasteiger partial charge is 0.250 e. The molecule has 0 aliphatic carbocycles. The first kappa shape index (κ1) is 15.3. The number of hydrogen-bond donors (Lipinski definition) is 1. The van der Waals surface area contributed by atoms with Gasteiger partial charge in [0.25, 0.3) is 5.56 Å². The summed E-state index contributed by atoms with van der Waals surface area (Å²) >= 11 is 0. The quantitative estimate of drug-likeness (QED) is 0.851. The largest absolute Gasteiger partial charge is 0.492 e. The van der Waals surface area contributed by atoms with Gasteiger partial charge in [0.05, 0.1) is 6.54 Å². The zero-order valence-electron chi connectivity index (χ0n) is 12.6. The summed E-state index contributed by atoms with van der Waals surface area (Å²) in [6.07, 6.45) is 2.82. The van der Waals surface area contributed by atoms with Crippen molar-refractivity contribution in [2.75, 3.05) is 13.7 Å². The molecule has 4 heteroatoms. The van der Waals surface area contributed by atoms with Crippen LogP contribution in [0, 0.1) is 0 Å². The van der Waals surface area contributed by atoms with Crippen LogP contribution in [0.25, 0.3) is 0 Å². The van der Waals surface area contributed by atoms with Crippen molar-refractivity contribution >= 4 is 0 Å². The van der Waals surface area contributed by atoms with Crippen molar-refractivity contribution in [3.8, 4) is 5.75 Å². The molecule has 4 nitrogen and oxygen atoms in total. The SMILES string of the molecule is CCC(NC)c1ccc(OCCn2ccccc2=O)cc1. The third kappa shape index (κ3) is 4.20. The van der Waals surface area contributed by atoms with Gasteiger partial charge in [0.15, 0.2) is 0 Å². The summed E-state index contributed by atoms with van der Waals surface area (Å²) in [4.78, 5) is 11.5. The molecule has 1 atom stereocenters. The molecule has 1 unspecified atom stereocenters. The van der Waals surface area contributed by atoms with E-state index in [1.54, 1.807) is 22.9 Å². The lowest BCUT2D eigenvalue weighted by Gasteiger charge is -2.15. The molecule has 0 saturated heterocycles. The summed E-state index contributed by atoms with van der Waals surface area (Å²) in [5, 5.41) is 3.28. The molecule has 0 amide bonds. The molecule has 1 N–H and O–H groups in total. The zero-order chi connectivity index (χ0) is 15.1. The first-order chi connectivity index (χ1) is 10.2. The first-order valence-corrected chi connectivity index (χ1v) is 7.30. The Bertz CT molecular complexity index is 601. The summed E-state index contributed by atoms with van der Waals surface area (Å²) in [6.45, 7) is 3.19. The number of aromatic nitrogens is 1. The molecule has 2 aromatic rings. The molecule has 1 heterocycles. The molecule has 1 aromatic carbocycles. The van der Waals surface area contributed by atoms with Crippen LogP contribution < -0.4 is 15.6 Å². The maximum Gasteiger partial charge on any atom is 0.250 e. The van der Waals surface area contributed by atoms with Crippen LogP contribution in [-0.4, -0.2) is 18.2 Å². The third-order valence-corrected chi connectivity index (χ3v) is 3.54. The topological polar surface area (TPSA) is 43.3 Å². The van der Waals surface area contributed by atoms with Crippen LogP contribution in [0.4, 0.5) is 0 Å². The molecular formula is C17H22N2O2. The van der Waals surface area contributed by atoms with Gasteiger partial charge in [0.1, 0.15) is 12.4 Å². The van der Waals surface area contributed by atoms with E-state index in [4.69, 9.17) is 4.74 Å². The van der Waals surface area contributed by atoms with E-state index < -0.39 is 0 Å². The minimum Gasteiger partial charge on any atom is -0.492 e. The van der Waals surface area contributed by atoms with Gasteiger partial charge in [0.2, 0.25) is 0 Å². The normalized spacial score (nSPS) is 12.1. The lowest BCUT2D eigenvalue weighted by Crippen LogP contribution is -2.21. The Hall–Kier alpha value is -2.07. The highest BCUT2D eigenvalue weighted by atomic mass is 16.5. The van der Waals surface area contributed by atoms with Crippen LogP contribution in [0.5, 0.6) is 5.75 Å². The average Bonchev–Trinajstić information content (AvgIpc) is 2.52. The second-order valence-electron chi connectivity index (χ2n) is 4.90. The van der Waals surface area contributed by atoms with Gasteiger partial charge in [-0.3, -0.25) is 4.79 Å². The Morgan fingerprint density at radius 1 is 1.19 bits per heavy atom. The van der Waals surface area contributed by atoms with E-state index in [0.717, 1.165) is 12.2 Å². The highest BCUT2D eigenvalue weighted by Crippen LogP contribution is 2.19. The molecule has 0 aliphatic heterocycles. The number of nitrogens with one attached hydrogen (secondary N) is 1. The van der Waals surface area contributed by atoms with Gasteiger partial charge in [-0.1, -0.05) is 25.1 Å². The van der Waals surface area contributed by atoms with Crippen molar-refractivity contribution in [1.29, 1.82) is 0 Å². The molecule has 0 radical (unpaired) electrons. The highest BCUT2D eigenvalue weighted by molar-refractivity contribution is 5.29.